The zero-order valence-electron chi connectivity index (χ0n) is 11.9. The standard InChI is InChI=1S/C17H23NS/c1-14-8-10-15(11-9-14)13-16(18-2)5-3-6-17-7-4-12-19-17/h4,7-12,16,18H,3,5-6,13H2,1-2H3. The van der Waals surface area contributed by atoms with Crippen molar-refractivity contribution in [2.45, 2.75) is 38.6 Å². The Kier molecular flexibility index (Phi) is 5.62. The third-order valence-electron chi connectivity index (χ3n) is 3.57. The Morgan fingerprint density at radius 3 is 2.58 bits per heavy atom. The molecule has 1 aromatic carbocycles. The number of benzene rings is 1. The van der Waals surface area contributed by atoms with E-state index in [2.05, 4.69) is 61.1 Å². The van der Waals surface area contributed by atoms with Gasteiger partial charge in [-0.25, -0.2) is 0 Å². The van der Waals surface area contributed by atoms with Crippen molar-refractivity contribution in [3.63, 3.8) is 0 Å². The number of hydrogen-bond acceptors (Lipinski definition) is 2. The lowest BCUT2D eigenvalue weighted by atomic mass is 10.00. The van der Waals surface area contributed by atoms with Gasteiger partial charge in [-0.3, -0.25) is 0 Å². The summed E-state index contributed by atoms with van der Waals surface area (Å²) in [5.41, 5.74) is 2.77. The fourth-order valence-electron chi connectivity index (χ4n) is 2.33. The van der Waals surface area contributed by atoms with Crippen LogP contribution in [0.3, 0.4) is 0 Å². The normalized spacial score (nSPS) is 12.5. The maximum absolute atomic E-state index is 3.45. The highest BCUT2D eigenvalue weighted by Gasteiger charge is 2.07. The summed E-state index contributed by atoms with van der Waals surface area (Å²) in [4.78, 5) is 1.50. The summed E-state index contributed by atoms with van der Waals surface area (Å²) in [5.74, 6) is 0. The molecular weight excluding hydrogens is 250 g/mol. The molecule has 102 valence electrons. The summed E-state index contributed by atoms with van der Waals surface area (Å²) < 4.78 is 0. The molecule has 0 aliphatic rings. The van der Waals surface area contributed by atoms with Crippen LogP contribution >= 0.6 is 11.3 Å². The average molecular weight is 273 g/mol. The first-order valence-corrected chi connectivity index (χ1v) is 7.91. The number of likely N-dealkylation sites (N-methyl/N-ethyl adjacent to an activating group) is 1. The summed E-state index contributed by atoms with van der Waals surface area (Å²) in [6.45, 7) is 2.14. The van der Waals surface area contributed by atoms with E-state index in [-0.39, 0.29) is 0 Å². The van der Waals surface area contributed by atoms with Crippen LogP contribution in [0.2, 0.25) is 0 Å². The van der Waals surface area contributed by atoms with E-state index in [9.17, 15) is 0 Å². The van der Waals surface area contributed by atoms with Gasteiger partial charge in [-0.15, -0.1) is 11.3 Å². The minimum atomic E-state index is 0.586. The van der Waals surface area contributed by atoms with Gasteiger partial charge >= 0.3 is 0 Å². The lowest BCUT2D eigenvalue weighted by Gasteiger charge is -2.16. The number of rotatable bonds is 7. The van der Waals surface area contributed by atoms with E-state index < -0.39 is 0 Å². The highest BCUT2D eigenvalue weighted by molar-refractivity contribution is 7.09. The van der Waals surface area contributed by atoms with Crippen molar-refractivity contribution in [2.24, 2.45) is 0 Å². The first kappa shape index (κ1) is 14.3. The second kappa shape index (κ2) is 7.46. The Morgan fingerprint density at radius 2 is 1.95 bits per heavy atom. The minimum Gasteiger partial charge on any atom is -0.317 e. The first-order valence-electron chi connectivity index (χ1n) is 7.03. The van der Waals surface area contributed by atoms with Crippen LogP contribution in [-0.2, 0) is 12.8 Å². The van der Waals surface area contributed by atoms with Crippen LogP contribution in [0, 0.1) is 6.92 Å². The van der Waals surface area contributed by atoms with Gasteiger partial charge in [0.1, 0.15) is 0 Å². The molecule has 0 amide bonds. The predicted molar refractivity (Wildman–Crippen MR) is 85.0 cm³/mol. The van der Waals surface area contributed by atoms with Crippen LogP contribution in [0.15, 0.2) is 41.8 Å². The quantitative estimate of drug-likeness (QED) is 0.797. The van der Waals surface area contributed by atoms with Gasteiger partial charge in [0.2, 0.25) is 0 Å². The molecular formula is C17H23NS. The van der Waals surface area contributed by atoms with Crippen LogP contribution in [0.4, 0.5) is 0 Å². The minimum absolute atomic E-state index is 0.586. The Hall–Kier alpha value is -1.12. The summed E-state index contributed by atoms with van der Waals surface area (Å²) in [6.07, 6.45) is 4.84. The number of aryl methyl sites for hydroxylation is 2. The van der Waals surface area contributed by atoms with E-state index in [4.69, 9.17) is 0 Å². The zero-order valence-corrected chi connectivity index (χ0v) is 12.7. The van der Waals surface area contributed by atoms with E-state index in [0.29, 0.717) is 6.04 Å². The molecule has 0 aliphatic carbocycles. The molecule has 0 radical (unpaired) electrons. The van der Waals surface area contributed by atoms with Crippen molar-refractivity contribution in [2.75, 3.05) is 7.05 Å². The number of thiophene rings is 1. The van der Waals surface area contributed by atoms with Gasteiger partial charge in [0.15, 0.2) is 0 Å². The molecule has 1 nitrogen and oxygen atoms in total. The monoisotopic (exact) mass is 273 g/mol. The van der Waals surface area contributed by atoms with E-state index in [0.717, 1.165) is 6.42 Å². The molecule has 1 N–H and O–H groups in total. The van der Waals surface area contributed by atoms with Crippen molar-refractivity contribution >= 4 is 11.3 Å². The van der Waals surface area contributed by atoms with Gasteiger partial charge in [-0.1, -0.05) is 35.9 Å². The highest BCUT2D eigenvalue weighted by Crippen LogP contribution is 2.14. The second-order valence-corrected chi connectivity index (χ2v) is 6.18. The Bertz CT molecular complexity index is 459. The fraction of sp³-hybridized carbons (Fsp3) is 0.412. The van der Waals surface area contributed by atoms with Gasteiger partial charge in [0.25, 0.3) is 0 Å². The van der Waals surface area contributed by atoms with Crippen molar-refractivity contribution in [1.29, 1.82) is 0 Å². The van der Waals surface area contributed by atoms with Crippen LogP contribution in [0.25, 0.3) is 0 Å². The molecule has 0 saturated carbocycles. The average Bonchev–Trinajstić information content (AvgIpc) is 2.93. The molecule has 19 heavy (non-hydrogen) atoms. The zero-order chi connectivity index (χ0) is 13.5. The largest absolute Gasteiger partial charge is 0.317 e. The van der Waals surface area contributed by atoms with Gasteiger partial charge in [-0.2, -0.15) is 0 Å². The summed E-state index contributed by atoms with van der Waals surface area (Å²) in [7, 11) is 2.07. The third kappa shape index (κ3) is 4.81. The molecule has 1 unspecified atom stereocenters. The van der Waals surface area contributed by atoms with Crippen molar-refractivity contribution in [3.05, 3.63) is 57.8 Å². The highest BCUT2D eigenvalue weighted by atomic mass is 32.1. The van der Waals surface area contributed by atoms with Gasteiger partial charge in [-0.05, 0) is 56.7 Å². The smallest absolute Gasteiger partial charge is 0.0105 e. The molecule has 0 spiro atoms. The summed E-state index contributed by atoms with van der Waals surface area (Å²) >= 11 is 1.87. The second-order valence-electron chi connectivity index (χ2n) is 5.15. The molecule has 0 aliphatic heterocycles. The van der Waals surface area contributed by atoms with Crippen LogP contribution in [-0.4, -0.2) is 13.1 Å². The Labute approximate surface area is 120 Å². The van der Waals surface area contributed by atoms with E-state index in [1.54, 1.807) is 0 Å². The van der Waals surface area contributed by atoms with Crippen LogP contribution < -0.4 is 5.32 Å². The van der Waals surface area contributed by atoms with Crippen LogP contribution in [0.5, 0.6) is 0 Å². The molecule has 0 bridgehead atoms. The number of nitrogens with one attached hydrogen (secondary N) is 1. The van der Waals surface area contributed by atoms with E-state index in [1.165, 1.54) is 35.3 Å². The molecule has 0 saturated heterocycles. The molecule has 0 fully saturated rings. The molecule has 2 heteroatoms. The van der Waals surface area contributed by atoms with Crippen LogP contribution in [0.1, 0.15) is 28.8 Å². The topological polar surface area (TPSA) is 12.0 Å². The van der Waals surface area contributed by atoms with Crippen molar-refractivity contribution < 1.29 is 0 Å². The summed E-state index contributed by atoms with van der Waals surface area (Å²) in [6, 6.07) is 13.9. The molecule has 2 aromatic rings. The van der Waals surface area contributed by atoms with Crippen molar-refractivity contribution in [1.82, 2.24) is 5.32 Å². The third-order valence-corrected chi connectivity index (χ3v) is 4.50. The van der Waals surface area contributed by atoms with E-state index >= 15 is 0 Å². The van der Waals surface area contributed by atoms with Gasteiger partial charge in [0.05, 0.1) is 0 Å². The lowest BCUT2D eigenvalue weighted by Crippen LogP contribution is -2.27. The predicted octanol–water partition coefficient (Wildman–Crippen LogP) is 4.21. The molecule has 1 atom stereocenters. The molecule has 1 heterocycles. The summed E-state index contributed by atoms with van der Waals surface area (Å²) in [5, 5.41) is 5.61. The van der Waals surface area contributed by atoms with Gasteiger partial charge < -0.3 is 5.32 Å². The van der Waals surface area contributed by atoms with Gasteiger partial charge in [0, 0.05) is 10.9 Å². The SMILES string of the molecule is CNC(CCCc1cccs1)Cc1ccc(C)cc1. The maximum Gasteiger partial charge on any atom is 0.0105 e. The lowest BCUT2D eigenvalue weighted by molar-refractivity contribution is 0.503. The first-order chi connectivity index (χ1) is 9.28. The number of hydrogen-bond donors (Lipinski definition) is 1. The maximum atomic E-state index is 3.45. The molecule has 2 rings (SSSR count). The van der Waals surface area contributed by atoms with Crippen molar-refractivity contribution in [3.8, 4) is 0 Å². The van der Waals surface area contributed by atoms with E-state index in [1.807, 2.05) is 11.3 Å². The Morgan fingerprint density at radius 1 is 1.16 bits per heavy atom. The Balaban J connectivity index is 1.78. The fourth-order valence-corrected chi connectivity index (χ4v) is 3.09. The molecule has 1 aromatic heterocycles.